The molecule has 1 N–H and O–H groups in total. The second-order valence-corrected chi connectivity index (χ2v) is 7.42. The first-order valence-corrected chi connectivity index (χ1v) is 8.94. The third-order valence-electron chi connectivity index (χ3n) is 4.23. The van der Waals surface area contributed by atoms with Crippen molar-refractivity contribution in [3.05, 3.63) is 34.3 Å². The zero-order valence-corrected chi connectivity index (χ0v) is 14.5. The number of nitrogens with one attached hydrogen (secondary N) is 1. The van der Waals surface area contributed by atoms with Crippen LogP contribution in [-0.4, -0.2) is 12.6 Å². The number of hydrogen-bond acceptors (Lipinski definition) is 1. The first-order chi connectivity index (χ1) is 9.67. The molecule has 1 saturated carbocycles. The number of benzene rings is 1. The SMILES string of the molecule is CCCC(C)CC(CNC1CC1)Cc1ccc(Br)cc1. The summed E-state index contributed by atoms with van der Waals surface area (Å²) in [5.74, 6) is 1.62. The van der Waals surface area contributed by atoms with Gasteiger partial charge in [-0.2, -0.15) is 0 Å². The molecule has 0 spiro atoms. The maximum atomic E-state index is 3.73. The van der Waals surface area contributed by atoms with E-state index in [0.29, 0.717) is 0 Å². The van der Waals surface area contributed by atoms with Crippen LogP contribution in [0.1, 0.15) is 51.5 Å². The fourth-order valence-corrected chi connectivity index (χ4v) is 3.26. The standard InChI is InChI=1S/C18H28BrN/c1-3-4-14(2)11-16(13-20-18-9-10-18)12-15-5-7-17(19)8-6-15/h5-8,14,16,18,20H,3-4,9-13H2,1-2H3. The van der Waals surface area contributed by atoms with E-state index in [1.807, 2.05) is 0 Å². The van der Waals surface area contributed by atoms with Crippen molar-refractivity contribution in [2.75, 3.05) is 6.54 Å². The van der Waals surface area contributed by atoms with Crippen molar-refractivity contribution in [1.82, 2.24) is 5.32 Å². The second kappa shape index (κ2) is 8.19. The van der Waals surface area contributed by atoms with Crippen LogP contribution in [0, 0.1) is 11.8 Å². The first-order valence-electron chi connectivity index (χ1n) is 8.15. The molecule has 1 fully saturated rings. The van der Waals surface area contributed by atoms with Gasteiger partial charge in [-0.05, 0) is 61.8 Å². The Morgan fingerprint density at radius 1 is 1.25 bits per heavy atom. The van der Waals surface area contributed by atoms with Crippen LogP contribution in [0.15, 0.2) is 28.7 Å². The van der Waals surface area contributed by atoms with Gasteiger partial charge in [0.2, 0.25) is 0 Å². The monoisotopic (exact) mass is 337 g/mol. The molecule has 1 aliphatic rings. The smallest absolute Gasteiger partial charge is 0.0175 e. The molecule has 1 aliphatic carbocycles. The highest BCUT2D eigenvalue weighted by molar-refractivity contribution is 9.10. The largest absolute Gasteiger partial charge is 0.314 e. The summed E-state index contributed by atoms with van der Waals surface area (Å²) in [6, 6.07) is 9.67. The van der Waals surface area contributed by atoms with Crippen LogP contribution in [0.5, 0.6) is 0 Å². The topological polar surface area (TPSA) is 12.0 Å². The molecule has 1 aromatic rings. The van der Waals surface area contributed by atoms with Gasteiger partial charge in [0.15, 0.2) is 0 Å². The van der Waals surface area contributed by atoms with Crippen LogP contribution in [-0.2, 0) is 6.42 Å². The molecule has 2 rings (SSSR count). The molecule has 0 radical (unpaired) electrons. The van der Waals surface area contributed by atoms with Gasteiger partial charge in [0.05, 0.1) is 0 Å². The van der Waals surface area contributed by atoms with E-state index in [2.05, 4.69) is 59.4 Å². The molecular formula is C18H28BrN. The van der Waals surface area contributed by atoms with Crippen LogP contribution in [0.3, 0.4) is 0 Å². The number of halogens is 1. The molecule has 20 heavy (non-hydrogen) atoms. The van der Waals surface area contributed by atoms with E-state index in [9.17, 15) is 0 Å². The second-order valence-electron chi connectivity index (χ2n) is 6.51. The lowest BCUT2D eigenvalue weighted by molar-refractivity contribution is 0.353. The van der Waals surface area contributed by atoms with Crippen molar-refractivity contribution < 1.29 is 0 Å². The fourth-order valence-electron chi connectivity index (χ4n) is 2.99. The quantitative estimate of drug-likeness (QED) is 0.654. The average molecular weight is 338 g/mol. The Morgan fingerprint density at radius 3 is 2.55 bits per heavy atom. The summed E-state index contributed by atoms with van der Waals surface area (Å²) in [7, 11) is 0. The van der Waals surface area contributed by atoms with Gasteiger partial charge in [-0.25, -0.2) is 0 Å². The third-order valence-corrected chi connectivity index (χ3v) is 4.76. The fraction of sp³-hybridized carbons (Fsp3) is 0.667. The molecule has 0 amide bonds. The molecule has 2 unspecified atom stereocenters. The minimum absolute atomic E-state index is 0.776. The lowest BCUT2D eigenvalue weighted by atomic mass is 9.88. The summed E-state index contributed by atoms with van der Waals surface area (Å²) >= 11 is 3.52. The van der Waals surface area contributed by atoms with Gasteiger partial charge in [-0.3, -0.25) is 0 Å². The van der Waals surface area contributed by atoms with Gasteiger partial charge in [0.25, 0.3) is 0 Å². The highest BCUT2D eigenvalue weighted by Gasteiger charge is 2.22. The van der Waals surface area contributed by atoms with E-state index in [-0.39, 0.29) is 0 Å². The summed E-state index contributed by atoms with van der Waals surface area (Å²) in [6.07, 6.45) is 8.00. The molecule has 2 atom stereocenters. The van der Waals surface area contributed by atoms with Gasteiger partial charge in [-0.15, -0.1) is 0 Å². The predicted octanol–water partition coefficient (Wildman–Crippen LogP) is 5.19. The number of hydrogen-bond donors (Lipinski definition) is 1. The normalized spacial score (nSPS) is 17.9. The van der Waals surface area contributed by atoms with E-state index >= 15 is 0 Å². The van der Waals surface area contributed by atoms with Crippen molar-refractivity contribution in [3.8, 4) is 0 Å². The highest BCUT2D eigenvalue weighted by Crippen LogP contribution is 2.24. The van der Waals surface area contributed by atoms with Gasteiger partial charge in [0.1, 0.15) is 0 Å². The summed E-state index contributed by atoms with van der Waals surface area (Å²) in [5, 5.41) is 3.73. The summed E-state index contributed by atoms with van der Waals surface area (Å²) in [5.41, 5.74) is 1.47. The third kappa shape index (κ3) is 5.97. The Morgan fingerprint density at radius 2 is 1.95 bits per heavy atom. The van der Waals surface area contributed by atoms with Crippen LogP contribution in [0.25, 0.3) is 0 Å². The van der Waals surface area contributed by atoms with Gasteiger partial charge >= 0.3 is 0 Å². The van der Waals surface area contributed by atoms with Gasteiger partial charge in [-0.1, -0.05) is 54.8 Å². The van der Waals surface area contributed by atoms with Crippen molar-refractivity contribution in [2.24, 2.45) is 11.8 Å². The minimum atomic E-state index is 0.776. The van der Waals surface area contributed by atoms with Crippen LogP contribution < -0.4 is 5.32 Å². The Kier molecular flexibility index (Phi) is 6.57. The lowest BCUT2D eigenvalue weighted by Gasteiger charge is -2.21. The van der Waals surface area contributed by atoms with Crippen molar-refractivity contribution in [2.45, 2.75) is 58.4 Å². The van der Waals surface area contributed by atoms with E-state index in [1.54, 1.807) is 0 Å². The molecule has 2 heteroatoms. The summed E-state index contributed by atoms with van der Waals surface area (Å²) in [4.78, 5) is 0. The summed E-state index contributed by atoms with van der Waals surface area (Å²) < 4.78 is 1.17. The maximum absolute atomic E-state index is 3.73. The molecule has 0 bridgehead atoms. The van der Waals surface area contributed by atoms with Crippen molar-refractivity contribution in [1.29, 1.82) is 0 Å². The molecule has 0 saturated heterocycles. The van der Waals surface area contributed by atoms with Gasteiger partial charge < -0.3 is 5.32 Å². The van der Waals surface area contributed by atoms with Gasteiger partial charge in [0, 0.05) is 10.5 Å². The van der Waals surface area contributed by atoms with Crippen LogP contribution in [0.2, 0.25) is 0 Å². The molecular weight excluding hydrogens is 310 g/mol. The Bertz CT molecular complexity index is 383. The summed E-state index contributed by atoms with van der Waals surface area (Å²) in [6.45, 7) is 5.90. The Labute approximate surface area is 132 Å². The van der Waals surface area contributed by atoms with Crippen molar-refractivity contribution in [3.63, 3.8) is 0 Å². The predicted molar refractivity (Wildman–Crippen MR) is 91.0 cm³/mol. The van der Waals surface area contributed by atoms with Crippen molar-refractivity contribution >= 4 is 15.9 Å². The van der Waals surface area contributed by atoms with E-state index in [0.717, 1.165) is 17.9 Å². The van der Waals surface area contributed by atoms with E-state index in [1.165, 1.54) is 55.1 Å². The minimum Gasteiger partial charge on any atom is -0.314 e. The molecule has 1 aromatic carbocycles. The molecule has 0 heterocycles. The highest BCUT2D eigenvalue weighted by atomic mass is 79.9. The molecule has 0 aromatic heterocycles. The Hall–Kier alpha value is -0.340. The average Bonchev–Trinajstić information content (AvgIpc) is 3.23. The lowest BCUT2D eigenvalue weighted by Crippen LogP contribution is -2.27. The molecule has 1 nitrogen and oxygen atoms in total. The van der Waals surface area contributed by atoms with E-state index in [4.69, 9.17) is 0 Å². The number of rotatable bonds is 9. The van der Waals surface area contributed by atoms with E-state index < -0.39 is 0 Å². The first kappa shape index (κ1) is 16.0. The zero-order valence-electron chi connectivity index (χ0n) is 12.9. The zero-order chi connectivity index (χ0) is 14.4. The maximum Gasteiger partial charge on any atom is 0.0175 e. The molecule has 112 valence electrons. The van der Waals surface area contributed by atoms with Crippen LogP contribution in [0.4, 0.5) is 0 Å². The molecule has 0 aliphatic heterocycles. The Balaban J connectivity index is 1.87. The van der Waals surface area contributed by atoms with Crippen LogP contribution >= 0.6 is 15.9 Å².